The van der Waals surface area contributed by atoms with Crippen molar-refractivity contribution in [3.05, 3.63) is 12.7 Å². The Hall–Kier alpha value is -0.340. The zero-order valence-electron chi connectivity index (χ0n) is 7.72. The molecule has 11 heavy (non-hydrogen) atoms. The fourth-order valence-corrected chi connectivity index (χ4v) is 1.03. The van der Waals surface area contributed by atoms with E-state index in [4.69, 9.17) is 9.47 Å². The van der Waals surface area contributed by atoms with E-state index in [1.807, 2.05) is 26.8 Å². The van der Waals surface area contributed by atoms with Gasteiger partial charge in [0.05, 0.1) is 0 Å². The van der Waals surface area contributed by atoms with Gasteiger partial charge in [-0.1, -0.05) is 6.08 Å². The Morgan fingerprint density at radius 3 is 2.00 bits per heavy atom. The molecule has 0 aromatic rings. The predicted molar refractivity (Wildman–Crippen MR) is 46.5 cm³/mol. The first-order valence-electron chi connectivity index (χ1n) is 4.07. The van der Waals surface area contributed by atoms with Gasteiger partial charge in [-0.3, -0.25) is 0 Å². The van der Waals surface area contributed by atoms with Crippen LogP contribution in [0.25, 0.3) is 0 Å². The van der Waals surface area contributed by atoms with Crippen molar-refractivity contribution < 1.29 is 9.47 Å². The van der Waals surface area contributed by atoms with Crippen molar-refractivity contribution in [1.29, 1.82) is 0 Å². The van der Waals surface area contributed by atoms with Gasteiger partial charge in [-0.05, 0) is 20.8 Å². The van der Waals surface area contributed by atoms with E-state index in [-0.39, 0.29) is 0 Å². The summed E-state index contributed by atoms with van der Waals surface area (Å²) in [6.45, 7) is 10.8. The third-order valence-electron chi connectivity index (χ3n) is 1.41. The van der Waals surface area contributed by atoms with Crippen LogP contribution in [0.1, 0.15) is 27.2 Å². The highest BCUT2D eigenvalue weighted by atomic mass is 16.7. The molecule has 0 heterocycles. The van der Waals surface area contributed by atoms with E-state index in [9.17, 15) is 0 Å². The van der Waals surface area contributed by atoms with Crippen molar-refractivity contribution in [2.45, 2.75) is 33.0 Å². The summed E-state index contributed by atoms with van der Waals surface area (Å²) < 4.78 is 10.8. The molecule has 0 rings (SSSR count). The van der Waals surface area contributed by atoms with Crippen LogP contribution >= 0.6 is 0 Å². The Labute approximate surface area is 69.2 Å². The lowest BCUT2D eigenvalue weighted by atomic mass is 10.2. The van der Waals surface area contributed by atoms with Crippen LogP contribution in [0, 0.1) is 0 Å². The number of hydrogen-bond acceptors (Lipinski definition) is 2. The zero-order chi connectivity index (χ0) is 8.74. The molecule has 0 spiro atoms. The third-order valence-corrected chi connectivity index (χ3v) is 1.41. The molecule has 0 aromatic carbocycles. The highest BCUT2D eigenvalue weighted by Crippen LogP contribution is 2.17. The van der Waals surface area contributed by atoms with E-state index in [2.05, 4.69) is 6.58 Å². The van der Waals surface area contributed by atoms with E-state index in [0.717, 1.165) is 6.42 Å². The molecule has 2 heteroatoms. The normalized spacial score (nSPS) is 11.5. The van der Waals surface area contributed by atoms with Gasteiger partial charge >= 0.3 is 0 Å². The van der Waals surface area contributed by atoms with E-state index < -0.39 is 5.79 Å². The van der Waals surface area contributed by atoms with Gasteiger partial charge in [0.25, 0.3) is 0 Å². The summed E-state index contributed by atoms with van der Waals surface area (Å²) in [5, 5.41) is 0. The maximum Gasteiger partial charge on any atom is 0.168 e. The summed E-state index contributed by atoms with van der Waals surface area (Å²) in [5.41, 5.74) is 0. The first-order chi connectivity index (χ1) is 5.18. The Kier molecular flexibility index (Phi) is 5.16. The van der Waals surface area contributed by atoms with Crippen molar-refractivity contribution in [1.82, 2.24) is 0 Å². The first kappa shape index (κ1) is 10.7. The Balaban J connectivity index is 3.88. The molecule has 0 aliphatic rings. The molecule has 0 aliphatic carbocycles. The van der Waals surface area contributed by atoms with Gasteiger partial charge in [0.15, 0.2) is 5.79 Å². The van der Waals surface area contributed by atoms with Gasteiger partial charge in [-0.25, -0.2) is 0 Å². The Morgan fingerprint density at radius 2 is 1.73 bits per heavy atom. The smallest absolute Gasteiger partial charge is 0.168 e. The second kappa shape index (κ2) is 5.33. The minimum atomic E-state index is -0.467. The molecule has 0 N–H and O–H groups in total. The van der Waals surface area contributed by atoms with Crippen molar-refractivity contribution >= 4 is 0 Å². The number of ether oxygens (including phenoxy) is 2. The van der Waals surface area contributed by atoms with Gasteiger partial charge in [0.1, 0.15) is 0 Å². The molecule has 66 valence electrons. The van der Waals surface area contributed by atoms with Crippen molar-refractivity contribution in [3.8, 4) is 0 Å². The molecule has 0 bridgehead atoms. The van der Waals surface area contributed by atoms with Gasteiger partial charge in [0.2, 0.25) is 0 Å². The molecule has 0 saturated heterocycles. The SMILES string of the molecule is C=CCC(C)(OCC)OCC. The molecule has 0 aromatic heterocycles. The zero-order valence-corrected chi connectivity index (χ0v) is 7.72. The molecule has 0 aliphatic heterocycles. The lowest BCUT2D eigenvalue weighted by molar-refractivity contribution is -0.218. The summed E-state index contributed by atoms with van der Waals surface area (Å²) in [4.78, 5) is 0. The number of rotatable bonds is 6. The summed E-state index contributed by atoms with van der Waals surface area (Å²) in [6.07, 6.45) is 2.54. The minimum Gasteiger partial charge on any atom is -0.350 e. The molecule has 0 saturated carbocycles. The summed E-state index contributed by atoms with van der Waals surface area (Å²) in [6, 6.07) is 0. The highest BCUT2D eigenvalue weighted by Gasteiger charge is 2.22. The van der Waals surface area contributed by atoms with Crippen LogP contribution in [-0.4, -0.2) is 19.0 Å². The van der Waals surface area contributed by atoms with Crippen LogP contribution in [0.4, 0.5) is 0 Å². The van der Waals surface area contributed by atoms with E-state index >= 15 is 0 Å². The highest BCUT2D eigenvalue weighted by molar-refractivity contribution is 4.77. The summed E-state index contributed by atoms with van der Waals surface area (Å²) >= 11 is 0. The lowest BCUT2D eigenvalue weighted by Crippen LogP contribution is -2.31. The van der Waals surface area contributed by atoms with E-state index in [1.54, 1.807) is 0 Å². The average Bonchev–Trinajstić information content (AvgIpc) is 1.88. The van der Waals surface area contributed by atoms with Crippen LogP contribution in [0.2, 0.25) is 0 Å². The fraction of sp³-hybridized carbons (Fsp3) is 0.778. The fourth-order valence-electron chi connectivity index (χ4n) is 1.03. The summed E-state index contributed by atoms with van der Waals surface area (Å²) in [7, 11) is 0. The quantitative estimate of drug-likeness (QED) is 0.436. The third kappa shape index (κ3) is 4.17. The van der Waals surface area contributed by atoms with Crippen molar-refractivity contribution in [2.24, 2.45) is 0 Å². The van der Waals surface area contributed by atoms with E-state index in [1.165, 1.54) is 0 Å². The minimum absolute atomic E-state index is 0.467. The topological polar surface area (TPSA) is 18.5 Å². The molecule has 0 radical (unpaired) electrons. The van der Waals surface area contributed by atoms with Gasteiger partial charge in [-0.15, -0.1) is 6.58 Å². The largest absolute Gasteiger partial charge is 0.350 e. The van der Waals surface area contributed by atoms with E-state index in [0.29, 0.717) is 13.2 Å². The van der Waals surface area contributed by atoms with Crippen molar-refractivity contribution in [2.75, 3.05) is 13.2 Å². The maximum absolute atomic E-state index is 5.42. The second-order valence-electron chi connectivity index (χ2n) is 2.49. The van der Waals surface area contributed by atoms with Crippen molar-refractivity contribution in [3.63, 3.8) is 0 Å². The van der Waals surface area contributed by atoms with Crippen LogP contribution in [0.3, 0.4) is 0 Å². The average molecular weight is 158 g/mol. The number of hydrogen-bond donors (Lipinski definition) is 0. The maximum atomic E-state index is 5.42. The molecule has 0 fully saturated rings. The second-order valence-corrected chi connectivity index (χ2v) is 2.49. The van der Waals surface area contributed by atoms with Gasteiger partial charge in [0, 0.05) is 19.6 Å². The molecule has 0 atom stereocenters. The van der Waals surface area contributed by atoms with Gasteiger partial charge < -0.3 is 9.47 Å². The molecule has 0 amide bonds. The lowest BCUT2D eigenvalue weighted by Gasteiger charge is -2.27. The molecular weight excluding hydrogens is 140 g/mol. The molecular formula is C9H18O2. The predicted octanol–water partition coefficient (Wildman–Crippen LogP) is 2.35. The van der Waals surface area contributed by atoms with Crippen LogP contribution in [-0.2, 0) is 9.47 Å². The van der Waals surface area contributed by atoms with Crippen LogP contribution in [0.5, 0.6) is 0 Å². The summed E-state index contributed by atoms with van der Waals surface area (Å²) in [5.74, 6) is -0.467. The first-order valence-corrected chi connectivity index (χ1v) is 4.07. The van der Waals surface area contributed by atoms with Crippen LogP contribution < -0.4 is 0 Å². The molecule has 0 unspecified atom stereocenters. The standard InChI is InChI=1S/C9H18O2/c1-5-8-9(4,10-6-2)11-7-3/h5H,1,6-8H2,2-4H3. The Bertz CT molecular complexity index is 104. The Morgan fingerprint density at radius 1 is 1.27 bits per heavy atom. The monoisotopic (exact) mass is 158 g/mol. The van der Waals surface area contributed by atoms with Crippen LogP contribution in [0.15, 0.2) is 12.7 Å². The molecule has 2 nitrogen and oxygen atoms in total. The van der Waals surface area contributed by atoms with Gasteiger partial charge in [-0.2, -0.15) is 0 Å².